The van der Waals surface area contributed by atoms with E-state index in [-0.39, 0.29) is 24.5 Å². The molecule has 0 radical (unpaired) electrons. The Balaban J connectivity index is 2.02. The van der Waals surface area contributed by atoms with Gasteiger partial charge >= 0.3 is 0 Å². The lowest BCUT2D eigenvalue weighted by atomic mass is 9.85. The van der Waals surface area contributed by atoms with Crippen LogP contribution in [0, 0.1) is 5.92 Å². The number of hydrogen-bond donors (Lipinski definition) is 3. The van der Waals surface area contributed by atoms with Gasteiger partial charge in [-0.1, -0.05) is 12.8 Å². The molecule has 1 aliphatic rings. The Morgan fingerprint density at radius 3 is 3.00 bits per heavy atom. The van der Waals surface area contributed by atoms with Gasteiger partial charge in [0, 0.05) is 36.9 Å². The van der Waals surface area contributed by atoms with Crippen molar-refractivity contribution in [2.45, 2.75) is 38.3 Å². The zero-order chi connectivity index (χ0) is 13.7. The summed E-state index contributed by atoms with van der Waals surface area (Å²) in [5.41, 5.74) is 6.80. The van der Waals surface area contributed by atoms with Crippen LogP contribution in [0.5, 0.6) is 0 Å². The number of nitrogens with one attached hydrogen (secondary N) is 1. The van der Waals surface area contributed by atoms with Crippen molar-refractivity contribution in [2.75, 3.05) is 6.61 Å². The predicted molar refractivity (Wildman–Crippen MR) is 72.4 cm³/mol. The van der Waals surface area contributed by atoms with Crippen LogP contribution >= 0.6 is 0 Å². The van der Waals surface area contributed by atoms with Crippen LogP contribution in [0.1, 0.15) is 41.7 Å². The minimum atomic E-state index is -0.109. The summed E-state index contributed by atoms with van der Waals surface area (Å²) in [7, 11) is 0. The average molecular weight is 263 g/mol. The largest absolute Gasteiger partial charge is 0.396 e. The van der Waals surface area contributed by atoms with Gasteiger partial charge in [0.25, 0.3) is 5.91 Å². The Bertz CT molecular complexity index is 436. The fraction of sp³-hybridized carbons (Fsp3) is 0.571. The van der Waals surface area contributed by atoms with Crippen LogP contribution in [0.2, 0.25) is 0 Å². The van der Waals surface area contributed by atoms with Gasteiger partial charge in [0.1, 0.15) is 0 Å². The van der Waals surface area contributed by atoms with Crippen molar-refractivity contribution in [3.05, 3.63) is 29.6 Å². The molecule has 2 atom stereocenters. The quantitative estimate of drug-likeness (QED) is 0.750. The molecular weight excluding hydrogens is 242 g/mol. The van der Waals surface area contributed by atoms with Crippen molar-refractivity contribution in [3.63, 3.8) is 0 Å². The molecule has 1 aromatic rings. The Kier molecular flexibility index (Phi) is 4.87. The molecule has 0 aromatic carbocycles. The molecule has 5 nitrogen and oxygen atoms in total. The van der Waals surface area contributed by atoms with Gasteiger partial charge in [-0.2, -0.15) is 0 Å². The van der Waals surface area contributed by atoms with Crippen molar-refractivity contribution >= 4 is 5.91 Å². The Morgan fingerprint density at radius 2 is 2.26 bits per heavy atom. The number of nitrogens with two attached hydrogens (primary N) is 1. The van der Waals surface area contributed by atoms with E-state index in [1.165, 1.54) is 0 Å². The van der Waals surface area contributed by atoms with Crippen LogP contribution in [0.25, 0.3) is 0 Å². The number of aliphatic hydroxyl groups is 1. The maximum absolute atomic E-state index is 12.2. The number of rotatable bonds is 4. The Morgan fingerprint density at radius 1 is 1.47 bits per heavy atom. The molecule has 0 saturated heterocycles. The monoisotopic (exact) mass is 263 g/mol. The zero-order valence-electron chi connectivity index (χ0n) is 11.0. The molecule has 1 amide bonds. The van der Waals surface area contributed by atoms with Crippen molar-refractivity contribution < 1.29 is 9.90 Å². The molecule has 1 fully saturated rings. The molecule has 1 heterocycles. The van der Waals surface area contributed by atoms with Crippen LogP contribution in [0.3, 0.4) is 0 Å². The number of aromatic nitrogens is 1. The zero-order valence-corrected chi connectivity index (χ0v) is 11.0. The lowest BCUT2D eigenvalue weighted by molar-refractivity contribution is 0.0872. The second-order valence-corrected chi connectivity index (χ2v) is 5.05. The van der Waals surface area contributed by atoms with E-state index < -0.39 is 0 Å². The maximum Gasteiger partial charge on any atom is 0.251 e. The van der Waals surface area contributed by atoms with Gasteiger partial charge in [-0.05, 0) is 25.0 Å². The van der Waals surface area contributed by atoms with E-state index in [0.29, 0.717) is 17.8 Å². The number of hydrogen-bond acceptors (Lipinski definition) is 4. The van der Waals surface area contributed by atoms with Crippen LogP contribution in [0.4, 0.5) is 0 Å². The first-order chi connectivity index (χ1) is 9.24. The molecule has 1 aromatic heterocycles. The van der Waals surface area contributed by atoms with E-state index in [4.69, 9.17) is 5.73 Å². The summed E-state index contributed by atoms with van der Waals surface area (Å²) in [6.45, 7) is 0.457. The normalized spacial score (nSPS) is 23.1. The highest BCUT2D eigenvalue weighted by atomic mass is 16.3. The summed E-state index contributed by atoms with van der Waals surface area (Å²) in [6, 6.07) is 3.47. The van der Waals surface area contributed by atoms with Crippen molar-refractivity contribution in [2.24, 2.45) is 11.7 Å². The van der Waals surface area contributed by atoms with Crippen molar-refractivity contribution in [3.8, 4) is 0 Å². The van der Waals surface area contributed by atoms with Crippen molar-refractivity contribution in [1.82, 2.24) is 10.3 Å². The molecule has 0 bridgehead atoms. The Labute approximate surface area is 113 Å². The summed E-state index contributed by atoms with van der Waals surface area (Å²) in [4.78, 5) is 16.3. The van der Waals surface area contributed by atoms with Crippen LogP contribution in [-0.2, 0) is 6.54 Å². The average Bonchev–Trinajstić information content (AvgIpc) is 2.47. The fourth-order valence-corrected chi connectivity index (χ4v) is 2.60. The summed E-state index contributed by atoms with van der Waals surface area (Å²) in [5, 5.41) is 12.4. The number of aliphatic hydroxyl groups excluding tert-OH is 1. The first-order valence-electron chi connectivity index (χ1n) is 6.81. The highest BCUT2D eigenvalue weighted by Gasteiger charge is 2.26. The number of nitrogens with zero attached hydrogens (tertiary/aromatic N) is 1. The molecule has 0 spiro atoms. The maximum atomic E-state index is 12.2. The van der Waals surface area contributed by atoms with Gasteiger partial charge in [-0.15, -0.1) is 0 Å². The predicted octanol–water partition coefficient (Wildman–Crippen LogP) is 0.821. The molecule has 4 N–H and O–H groups in total. The highest BCUT2D eigenvalue weighted by Crippen LogP contribution is 2.24. The third-order valence-corrected chi connectivity index (χ3v) is 3.75. The van der Waals surface area contributed by atoms with Gasteiger partial charge in [-0.25, -0.2) is 0 Å². The molecule has 1 saturated carbocycles. The second kappa shape index (κ2) is 6.63. The van der Waals surface area contributed by atoms with E-state index in [1.54, 1.807) is 18.3 Å². The molecule has 104 valence electrons. The van der Waals surface area contributed by atoms with E-state index in [1.807, 2.05) is 0 Å². The minimum absolute atomic E-state index is 0.0701. The number of carbonyl (C=O) groups is 1. The van der Waals surface area contributed by atoms with Crippen LogP contribution < -0.4 is 11.1 Å². The summed E-state index contributed by atoms with van der Waals surface area (Å²) in [6.07, 6.45) is 5.75. The molecule has 19 heavy (non-hydrogen) atoms. The van der Waals surface area contributed by atoms with Crippen LogP contribution in [-0.4, -0.2) is 28.6 Å². The third kappa shape index (κ3) is 3.52. The van der Waals surface area contributed by atoms with Crippen LogP contribution in [0.15, 0.2) is 18.3 Å². The van der Waals surface area contributed by atoms with Gasteiger partial charge in [0.2, 0.25) is 0 Å². The highest BCUT2D eigenvalue weighted by molar-refractivity contribution is 5.94. The second-order valence-electron chi connectivity index (χ2n) is 5.05. The SMILES string of the molecule is NCc1cc(C(=O)NC2CCCCC2CO)ccn1. The molecule has 0 aliphatic heterocycles. The number of amides is 1. The summed E-state index contributed by atoms with van der Waals surface area (Å²) >= 11 is 0. The summed E-state index contributed by atoms with van der Waals surface area (Å²) in [5.74, 6) is 0.0657. The lowest BCUT2D eigenvalue weighted by Gasteiger charge is -2.30. The van der Waals surface area contributed by atoms with Gasteiger partial charge < -0.3 is 16.2 Å². The van der Waals surface area contributed by atoms with Gasteiger partial charge in [0.15, 0.2) is 0 Å². The molecule has 1 aliphatic carbocycles. The topological polar surface area (TPSA) is 88.2 Å². The fourth-order valence-electron chi connectivity index (χ4n) is 2.60. The Hall–Kier alpha value is -1.46. The first-order valence-corrected chi connectivity index (χ1v) is 6.81. The molecule has 2 unspecified atom stereocenters. The minimum Gasteiger partial charge on any atom is -0.396 e. The number of pyridine rings is 1. The summed E-state index contributed by atoms with van der Waals surface area (Å²) < 4.78 is 0. The van der Waals surface area contributed by atoms with E-state index in [9.17, 15) is 9.90 Å². The van der Waals surface area contributed by atoms with E-state index in [0.717, 1.165) is 25.7 Å². The smallest absolute Gasteiger partial charge is 0.251 e. The standard InChI is InChI=1S/C14H21N3O2/c15-8-12-7-10(5-6-16-12)14(19)17-13-4-2-1-3-11(13)9-18/h5-7,11,13,18H,1-4,8-9,15H2,(H,17,19). The van der Waals surface area contributed by atoms with Gasteiger partial charge in [0.05, 0.1) is 5.69 Å². The van der Waals surface area contributed by atoms with E-state index in [2.05, 4.69) is 10.3 Å². The molecular formula is C14H21N3O2. The molecule has 2 rings (SSSR count). The molecule has 5 heteroatoms. The lowest BCUT2D eigenvalue weighted by Crippen LogP contribution is -2.43. The first kappa shape index (κ1) is 14.0. The van der Waals surface area contributed by atoms with Gasteiger partial charge in [-0.3, -0.25) is 9.78 Å². The number of carbonyl (C=O) groups excluding carboxylic acids is 1. The third-order valence-electron chi connectivity index (χ3n) is 3.75. The van der Waals surface area contributed by atoms with Crippen molar-refractivity contribution in [1.29, 1.82) is 0 Å². The van der Waals surface area contributed by atoms with E-state index >= 15 is 0 Å².